The topological polar surface area (TPSA) is 20.3 Å². The summed E-state index contributed by atoms with van der Waals surface area (Å²) >= 11 is 0. The highest BCUT2D eigenvalue weighted by Gasteiger charge is 2.31. The van der Waals surface area contributed by atoms with Gasteiger partial charge in [0.05, 0.1) is 6.04 Å². The van der Waals surface area contributed by atoms with Crippen LogP contribution in [0.1, 0.15) is 29.2 Å². The van der Waals surface area contributed by atoms with Gasteiger partial charge in [0.25, 0.3) is 0 Å². The van der Waals surface area contributed by atoms with E-state index in [1.807, 2.05) is 7.05 Å². The van der Waals surface area contributed by atoms with Gasteiger partial charge in [-0.2, -0.15) is 0 Å². The Morgan fingerprint density at radius 3 is 2.67 bits per heavy atom. The molecule has 0 amide bonds. The molecule has 1 aliphatic heterocycles. The maximum atomic E-state index is 11.8. The fourth-order valence-corrected chi connectivity index (χ4v) is 2.26. The molecule has 2 heteroatoms. The van der Waals surface area contributed by atoms with Gasteiger partial charge in [-0.25, -0.2) is 0 Å². The summed E-state index contributed by atoms with van der Waals surface area (Å²) in [6, 6.07) is 6.33. The minimum atomic E-state index is -0.00935. The van der Waals surface area contributed by atoms with Gasteiger partial charge in [0.2, 0.25) is 0 Å². The summed E-state index contributed by atoms with van der Waals surface area (Å²) in [5.74, 6) is 0.353. The van der Waals surface area contributed by atoms with Crippen LogP contribution in [-0.2, 0) is 4.79 Å². The molecule has 1 unspecified atom stereocenters. The van der Waals surface area contributed by atoms with Crippen molar-refractivity contribution < 1.29 is 4.79 Å². The molecule has 0 aromatic heterocycles. The second kappa shape index (κ2) is 3.78. The highest BCUT2D eigenvalue weighted by atomic mass is 16.1. The second-order valence-corrected chi connectivity index (χ2v) is 4.46. The molecule has 15 heavy (non-hydrogen) atoms. The van der Waals surface area contributed by atoms with Crippen LogP contribution in [0.3, 0.4) is 0 Å². The Balaban J connectivity index is 2.44. The van der Waals surface area contributed by atoms with Crippen molar-refractivity contribution in [3.05, 3.63) is 34.9 Å². The van der Waals surface area contributed by atoms with E-state index in [-0.39, 0.29) is 6.04 Å². The largest absolute Gasteiger partial charge is 0.297 e. The first-order valence-corrected chi connectivity index (χ1v) is 5.39. The molecular formula is C13H17NO. The minimum Gasteiger partial charge on any atom is -0.297 e. The van der Waals surface area contributed by atoms with E-state index in [9.17, 15) is 4.79 Å². The molecule has 0 bridgehead atoms. The van der Waals surface area contributed by atoms with Crippen LogP contribution < -0.4 is 0 Å². The van der Waals surface area contributed by atoms with E-state index in [1.54, 1.807) is 0 Å². The number of likely N-dealkylation sites (N-methyl/N-ethyl adjacent to an activating group) is 1. The zero-order valence-electron chi connectivity index (χ0n) is 9.58. The third-order valence-corrected chi connectivity index (χ3v) is 3.19. The normalized spacial score (nSPS) is 22.3. The first-order chi connectivity index (χ1) is 7.09. The van der Waals surface area contributed by atoms with Gasteiger partial charge in [-0.05, 0) is 32.0 Å². The molecule has 1 fully saturated rings. The lowest BCUT2D eigenvalue weighted by Crippen LogP contribution is -2.21. The third-order valence-electron chi connectivity index (χ3n) is 3.19. The quantitative estimate of drug-likeness (QED) is 0.697. The van der Waals surface area contributed by atoms with Gasteiger partial charge in [-0.3, -0.25) is 9.69 Å². The fourth-order valence-electron chi connectivity index (χ4n) is 2.26. The Hall–Kier alpha value is -1.15. The molecule has 1 heterocycles. The monoisotopic (exact) mass is 203 g/mol. The molecule has 1 aliphatic rings. The number of carbonyl (C=O) groups is 1. The molecule has 2 nitrogen and oxygen atoms in total. The Morgan fingerprint density at radius 2 is 2.07 bits per heavy atom. The highest BCUT2D eigenvalue weighted by molar-refractivity contribution is 5.87. The van der Waals surface area contributed by atoms with Crippen molar-refractivity contribution in [1.29, 1.82) is 0 Å². The van der Waals surface area contributed by atoms with Gasteiger partial charge in [0.1, 0.15) is 0 Å². The molecular weight excluding hydrogens is 186 g/mol. The molecule has 80 valence electrons. The number of hydrogen-bond acceptors (Lipinski definition) is 2. The molecule has 1 atom stereocenters. The summed E-state index contributed by atoms with van der Waals surface area (Å²) in [7, 11) is 2.03. The maximum absolute atomic E-state index is 11.8. The van der Waals surface area contributed by atoms with Gasteiger partial charge < -0.3 is 0 Å². The molecule has 2 rings (SSSR count). The van der Waals surface area contributed by atoms with Gasteiger partial charge >= 0.3 is 0 Å². The fraction of sp³-hybridized carbons (Fsp3) is 0.462. The van der Waals surface area contributed by atoms with Crippen molar-refractivity contribution in [3.8, 4) is 0 Å². The lowest BCUT2D eigenvalue weighted by molar-refractivity contribution is -0.119. The Kier molecular flexibility index (Phi) is 2.61. The number of benzene rings is 1. The molecule has 1 saturated heterocycles. The number of rotatable bonds is 1. The van der Waals surface area contributed by atoms with E-state index in [2.05, 4.69) is 36.9 Å². The molecule has 1 aromatic carbocycles. The minimum absolute atomic E-state index is 0.00935. The predicted octanol–water partition coefficient (Wildman–Crippen LogP) is 2.25. The number of nitrogens with zero attached hydrogens (tertiary/aromatic N) is 1. The lowest BCUT2D eigenvalue weighted by atomic mass is 9.97. The summed E-state index contributed by atoms with van der Waals surface area (Å²) in [6.07, 6.45) is 0.689. The number of carbonyl (C=O) groups excluding carboxylic acids is 1. The van der Waals surface area contributed by atoms with Crippen molar-refractivity contribution >= 4 is 5.78 Å². The highest BCUT2D eigenvalue weighted by Crippen LogP contribution is 2.30. The van der Waals surface area contributed by atoms with Crippen LogP contribution in [0.5, 0.6) is 0 Å². The number of ketones is 1. The van der Waals surface area contributed by atoms with E-state index in [0.29, 0.717) is 12.2 Å². The van der Waals surface area contributed by atoms with E-state index < -0.39 is 0 Å². The first kappa shape index (κ1) is 10.4. The molecule has 0 radical (unpaired) electrons. The number of likely N-dealkylation sites (tertiary alicyclic amines) is 1. The van der Waals surface area contributed by atoms with Crippen molar-refractivity contribution in [2.75, 3.05) is 13.6 Å². The van der Waals surface area contributed by atoms with E-state index in [0.717, 1.165) is 6.54 Å². The number of Topliss-reactive ketones (excluding diaryl/α,β-unsaturated/α-hetero) is 1. The Bertz CT molecular complexity index is 398. The molecule has 0 spiro atoms. The van der Waals surface area contributed by atoms with Gasteiger partial charge in [0, 0.05) is 13.0 Å². The maximum Gasteiger partial charge on any atom is 0.155 e. The SMILES string of the molecule is Cc1ccc(C)c(C2C(=O)CCN2C)c1. The molecule has 0 saturated carbocycles. The van der Waals surface area contributed by atoms with E-state index in [4.69, 9.17) is 0 Å². The van der Waals surface area contributed by atoms with Gasteiger partial charge in [-0.15, -0.1) is 0 Å². The van der Waals surface area contributed by atoms with Crippen LogP contribution in [0, 0.1) is 13.8 Å². The van der Waals surface area contributed by atoms with Crippen molar-refractivity contribution in [1.82, 2.24) is 4.90 Å². The Labute approximate surface area is 90.9 Å². The van der Waals surface area contributed by atoms with Crippen LogP contribution in [0.25, 0.3) is 0 Å². The van der Waals surface area contributed by atoms with Gasteiger partial charge in [0.15, 0.2) is 5.78 Å². The van der Waals surface area contributed by atoms with Crippen LogP contribution in [0.4, 0.5) is 0 Å². The summed E-state index contributed by atoms with van der Waals surface area (Å²) in [4.78, 5) is 13.9. The third kappa shape index (κ3) is 1.82. The van der Waals surface area contributed by atoms with Crippen LogP contribution in [0.2, 0.25) is 0 Å². The second-order valence-electron chi connectivity index (χ2n) is 4.46. The molecule has 1 aromatic rings. The van der Waals surface area contributed by atoms with Crippen LogP contribution in [-0.4, -0.2) is 24.3 Å². The van der Waals surface area contributed by atoms with Crippen LogP contribution >= 0.6 is 0 Å². The smallest absolute Gasteiger partial charge is 0.155 e. The number of aryl methyl sites for hydroxylation is 2. The standard InChI is InChI=1S/C13H17NO/c1-9-4-5-10(2)11(8-9)13-12(15)6-7-14(13)3/h4-5,8,13H,6-7H2,1-3H3. The zero-order chi connectivity index (χ0) is 11.0. The molecule has 0 aliphatic carbocycles. The van der Waals surface area contributed by atoms with Gasteiger partial charge in [-0.1, -0.05) is 23.8 Å². The van der Waals surface area contributed by atoms with Crippen molar-refractivity contribution in [2.24, 2.45) is 0 Å². The van der Waals surface area contributed by atoms with Crippen molar-refractivity contribution in [3.63, 3.8) is 0 Å². The van der Waals surface area contributed by atoms with E-state index >= 15 is 0 Å². The Morgan fingerprint density at radius 1 is 1.33 bits per heavy atom. The summed E-state index contributed by atoms with van der Waals surface area (Å²) < 4.78 is 0. The first-order valence-electron chi connectivity index (χ1n) is 5.39. The average molecular weight is 203 g/mol. The molecule has 0 N–H and O–H groups in total. The summed E-state index contributed by atoms with van der Waals surface area (Å²) in [5.41, 5.74) is 3.62. The summed E-state index contributed by atoms with van der Waals surface area (Å²) in [6.45, 7) is 5.04. The van der Waals surface area contributed by atoms with Crippen LogP contribution in [0.15, 0.2) is 18.2 Å². The predicted molar refractivity (Wildman–Crippen MR) is 60.9 cm³/mol. The summed E-state index contributed by atoms with van der Waals surface area (Å²) in [5, 5.41) is 0. The number of hydrogen-bond donors (Lipinski definition) is 0. The zero-order valence-corrected chi connectivity index (χ0v) is 9.58. The lowest BCUT2D eigenvalue weighted by Gasteiger charge is -2.20. The van der Waals surface area contributed by atoms with Crippen molar-refractivity contribution in [2.45, 2.75) is 26.3 Å². The van der Waals surface area contributed by atoms with E-state index in [1.165, 1.54) is 16.7 Å². The average Bonchev–Trinajstić information content (AvgIpc) is 2.51.